The summed E-state index contributed by atoms with van der Waals surface area (Å²) in [5.41, 5.74) is 5.52. The summed E-state index contributed by atoms with van der Waals surface area (Å²) in [7, 11) is -2.75. The topological polar surface area (TPSA) is 94.2 Å². The summed E-state index contributed by atoms with van der Waals surface area (Å²) < 4.78 is 17.3. The second-order valence-corrected chi connectivity index (χ2v) is 6.77. The number of hydrogen-bond acceptors (Lipinski definition) is 6. The van der Waals surface area contributed by atoms with Crippen LogP contribution in [0.2, 0.25) is 6.04 Å². The zero-order chi connectivity index (χ0) is 14.0. The predicted octanol–water partition coefficient (Wildman–Crippen LogP) is 0.453. The number of aliphatic hydroxyl groups excluding tert-OH is 1. The SMILES string of the molecule is CCO[Si](CCCN)(OCC)OC(C)CC(O)O. The first kappa shape index (κ1) is 18.0. The summed E-state index contributed by atoms with van der Waals surface area (Å²) in [6.07, 6.45) is -0.810. The van der Waals surface area contributed by atoms with Crippen LogP contribution in [0.25, 0.3) is 0 Å². The lowest BCUT2D eigenvalue weighted by Gasteiger charge is -2.32. The van der Waals surface area contributed by atoms with Gasteiger partial charge in [-0.2, -0.15) is 0 Å². The van der Waals surface area contributed by atoms with Crippen molar-refractivity contribution in [3.05, 3.63) is 0 Å². The smallest absolute Gasteiger partial charge is 0.374 e. The number of aliphatic hydroxyl groups is 2. The highest BCUT2D eigenvalue weighted by Crippen LogP contribution is 2.21. The Morgan fingerprint density at radius 3 is 2.11 bits per heavy atom. The normalized spacial score (nSPS) is 14.2. The maximum Gasteiger partial charge on any atom is 0.501 e. The second kappa shape index (κ2) is 9.85. The predicted molar refractivity (Wildman–Crippen MR) is 70.9 cm³/mol. The van der Waals surface area contributed by atoms with Crippen molar-refractivity contribution < 1.29 is 23.5 Å². The first-order valence-electron chi connectivity index (χ1n) is 6.51. The molecule has 0 aliphatic heterocycles. The van der Waals surface area contributed by atoms with Crippen LogP contribution in [-0.2, 0) is 13.3 Å². The van der Waals surface area contributed by atoms with Crippen LogP contribution in [0.1, 0.15) is 33.6 Å². The average Bonchev–Trinajstić information content (AvgIpc) is 2.25. The lowest BCUT2D eigenvalue weighted by Crippen LogP contribution is -2.48. The van der Waals surface area contributed by atoms with Crippen molar-refractivity contribution in [2.24, 2.45) is 5.73 Å². The van der Waals surface area contributed by atoms with Gasteiger partial charge in [-0.1, -0.05) is 0 Å². The molecule has 6 nitrogen and oxygen atoms in total. The Morgan fingerprint density at radius 1 is 1.17 bits per heavy atom. The third-order valence-electron chi connectivity index (χ3n) is 2.34. The average molecular weight is 281 g/mol. The number of nitrogens with two attached hydrogens (primary N) is 1. The molecule has 0 rings (SSSR count). The Kier molecular flexibility index (Phi) is 9.84. The maximum atomic E-state index is 8.94. The summed E-state index contributed by atoms with van der Waals surface area (Å²) in [4.78, 5) is 0. The van der Waals surface area contributed by atoms with E-state index in [4.69, 9.17) is 29.2 Å². The summed E-state index contributed by atoms with van der Waals surface area (Å²) >= 11 is 0. The minimum absolute atomic E-state index is 0.136. The molecule has 0 heterocycles. The fourth-order valence-electron chi connectivity index (χ4n) is 1.72. The van der Waals surface area contributed by atoms with E-state index in [1.165, 1.54) is 0 Å². The molecular formula is C11H27NO5Si. The molecule has 0 aromatic carbocycles. The largest absolute Gasteiger partial charge is 0.501 e. The van der Waals surface area contributed by atoms with E-state index in [1.54, 1.807) is 6.92 Å². The van der Waals surface area contributed by atoms with Crippen molar-refractivity contribution >= 4 is 8.80 Å². The second-order valence-electron chi connectivity index (χ2n) is 4.09. The first-order valence-corrected chi connectivity index (χ1v) is 8.44. The molecule has 0 aromatic heterocycles. The van der Waals surface area contributed by atoms with Crippen LogP contribution in [0.3, 0.4) is 0 Å². The van der Waals surface area contributed by atoms with Crippen LogP contribution >= 0.6 is 0 Å². The molecule has 0 saturated carbocycles. The van der Waals surface area contributed by atoms with Gasteiger partial charge >= 0.3 is 8.80 Å². The molecule has 1 atom stereocenters. The van der Waals surface area contributed by atoms with Gasteiger partial charge in [-0.15, -0.1) is 0 Å². The third-order valence-corrected chi connectivity index (χ3v) is 5.52. The zero-order valence-electron chi connectivity index (χ0n) is 11.6. The van der Waals surface area contributed by atoms with E-state index in [9.17, 15) is 0 Å². The molecule has 7 heteroatoms. The number of rotatable bonds is 11. The summed E-state index contributed by atoms with van der Waals surface area (Å²) in [5, 5.41) is 17.9. The monoisotopic (exact) mass is 281 g/mol. The van der Waals surface area contributed by atoms with Gasteiger partial charge in [0, 0.05) is 25.7 Å². The van der Waals surface area contributed by atoms with Crippen LogP contribution in [0.4, 0.5) is 0 Å². The molecule has 0 spiro atoms. The van der Waals surface area contributed by atoms with Crippen molar-refractivity contribution in [3.8, 4) is 0 Å². The van der Waals surface area contributed by atoms with Gasteiger partial charge in [-0.05, 0) is 33.7 Å². The van der Waals surface area contributed by atoms with Crippen molar-refractivity contribution in [1.82, 2.24) is 0 Å². The molecule has 0 aliphatic rings. The van der Waals surface area contributed by atoms with Gasteiger partial charge in [0.25, 0.3) is 0 Å². The quantitative estimate of drug-likeness (QED) is 0.376. The van der Waals surface area contributed by atoms with Gasteiger partial charge in [0.2, 0.25) is 0 Å². The third kappa shape index (κ3) is 7.42. The van der Waals surface area contributed by atoms with Crippen molar-refractivity contribution in [2.75, 3.05) is 19.8 Å². The summed E-state index contributed by atoms with van der Waals surface area (Å²) in [6.45, 7) is 7.11. The van der Waals surface area contributed by atoms with E-state index >= 15 is 0 Å². The standard InChI is InChI=1S/C11H27NO5Si/c1-4-15-18(16-5-2,8-6-7-12)17-10(3)9-11(13)14/h10-11,13-14H,4-9,12H2,1-3H3. The van der Waals surface area contributed by atoms with E-state index in [0.717, 1.165) is 6.42 Å². The minimum atomic E-state index is -2.75. The molecule has 0 amide bonds. The molecular weight excluding hydrogens is 254 g/mol. The molecule has 4 N–H and O–H groups in total. The Balaban J connectivity index is 4.57. The van der Waals surface area contributed by atoms with Crippen LogP contribution in [0.15, 0.2) is 0 Å². The van der Waals surface area contributed by atoms with Crippen LogP contribution in [0, 0.1) is 0 Å². The molecule has 0 aliphatic carbocycles. The van der Waals surface area contributed by atoms with Gasteiger partial charge < -0.3 is 29.2 Å². The van der Waals surface area contributed by atoms with Gasteiger partial charge in [-0.3, -0.25) is 0 Å². The highest BCUT2D eigenvalue weighted by Gasteiger charge is 2.41. The first-order chi connectivity index (χ1) is 8.49. The highest BCUT2D eigenvalue weighted by atomic mass is 28.4. The maximum absolute atomic E-state index is 8.94. The van der Waals surface area contributed by atoms with E-state index in [-0.39, 0.29) is 12.5 Å². The van der Waals surface area contributed by atoms with Gasteiger partial charge in [0.15, 0.2) is 6.29 Å². The van der Waals surface area contributed by atoms with Crippen molar-refractivity contribution in [2.45, 2.75) is 52.1 Å². The van der Waals surface area contributed by atoms with E-state index in [2.05, 4.69) is 0 Å². The fourth-order valence-corrected chi connectivity index (χ4v) is 4.57. The molecule has 1 unspecified atom stereocenters. The minimum Gasteiger partial charge on any atom is -0.374 e. The van der Waals surface area contributed by atoms with Crippen LogP contribution in [-0.4, -0.2) is 51.2 Å². The molecule has 0 fully saturated rings. The molecule has 18 heavy (non-hydrogen) atoms. The fraction of sp³-hybridized carbons (Fsp3) is 1.00. The summed E-state index contributed by atoms with van der Waals surface area (Å²) in [5.74, 6) is 0. The molecule has 0 aromatic rings. The Morgan fingerprint density at radius 2 is 1.72 bits per heavy atom. The van der Waals surface area contributed by atoms with Gasteiger partial charge in [0.05, 0.1) is 6.10 Å². The van der Waals surface area contributed by atoms with Crippen LogP contribution < -0.4 is 5.73 Å². The van der Waals surface area contributed by atoms with E-state index < -0.39 is 15.1 Å². The Hall–Kier alpha value is -0.0231. The van der Waals surface area contributed by atoms with Crippen molar-refractivity contribution in [1.29, 1.82) is 0 Å². The van der Waals surface area contributed by atoms with E-state index in [1.807, 2.05) is 13.8 Å². The van der Waals surface area contributed by atoms with Crippen molar-refractivity contribution in [3.63, 3.8) is 0 Å². The Bertz CT molecular complexity index is 200. The lowest BCUT2D eigenvalue weighted by molar-refractivity contribution is -0.0737. The lowest BCUT2D eigenvalue weighted by atomic mass is 10.3. The molecule has 0 radical (unpaired) electrons. The Labute approximate surface area is 110 Å². The summed E-state index contributed by atoms with van der Waals surface area (Å²) in [6, 6.07) is 0.650. The zero-order valence-corrected chi connectivity index (χ0v) is 12.6. The molecule has 0 saturated heterocycles. The van der Waals surface area contributed by atoms with E-state index in [0.29, 0.717) is 25.8 Å². The van der Waals surface area contributed by atoms with Gasteiger partial charge in [0.1, 0.15) is 0 Å². The number of hydrogen-bond donors (Lipinski definition) is 3. The molecule has 0 bridgehead atoms. The molecule has 110 valence electrons. The van der Waals surface area contributed by atoms with Crippen LogP contribution in [0.5, 0.6) is 0 Å². The van der Waals surface area contributed by atoms with Gasteiger partial charge in [-0.25, -0.2) is 0 Å². The highest BCUT2D eigenvalue weighted by molar-refractivity contribution is 6.60.